The lowest BCUT2D eigenvalue weighted by atomic mass is 9.94. The molecule has 6 heteroatoms. The summed E-state index contributed by atoms with van der Waals surface area (Å²) in [4.78, 5) is -1.45. The molecular weight excluding hydrogens is 308 g/mol. The number of benzene rings is 2. The Hall–Kier alpha value is -1.40. The largest absolute Gasteiger partial charge is 0.321 e. The van der Waals surface area contributed by atoms with Crippen LogP contribution < -0.4 is 10.5 Å². The van der Waals surface area contributed by atoms with Crippen LogP contribution in [0, 0.1) is 0 Å². The van der Waals surface area contributed by atoms with Crippen molar-refractivity contribution < 1.29 is 8.42 Å². The summed E-state index contributed by atoms with van der Waals surface area (Å²) in [6, 6.07) is 17.3. The summed E-state index contributed by atoms with van der Waals surface area (Å²) >= 11 is 6.62. The molecule has 2 aromatic carbocycles. The van der Waals surface area contributed by atoms with Gasteiger partial charge in [0.15, 0.2) is 5.00 Å². The topological polar surface area (TPSA) is 72.2 Å². The van der Waals surface area contributed by atoms with Crippen molar-refractivity contribution in [1.29, 1.82) is 0 Å². The molecule has 0 amide bonds. The molecule has 0 saturated heterocycles. The van der Waals surface area contributed by atoms with Crippen LogP contribution in [-0.2, 0) is 15.0 Å². The van der Waals surface area contributed by atoms with E-state index in [4.69, 9.17) is 17.3 Å². The van der Waals surface area contributed by atoms with Crippen LogP contribution >= 0.6 is 11.6 Å². The summed E-state index contributed by atoms with van der Waals surface area (Å²) < 4.78 is 25.9. The highest BCUT2D eigenvalue weighted by molar-refractivity contribution is 7.88. The fourth-order valence-electron chi connectivity index (χ4n) is 2.14. The summed E-state index contributed by atoms with van der Waals surface area (Å²) in [7, 11) is -3.54. The van der Waals surface area contributed by atoms with E-state index in [0.717, 1.165) is 11.8 Å². The van der Waals surface area contributed by atoms with Gasteiger partial charge in [-0.15, -0.1) is 0 Å². The third-order valence-corrected chi connectivity index (χ3v) is 4.47. The van der Waals surface area contributed by atoms with Crippen LogP contribution in [0.1, 0.15) is 17.2 Å². The number of alkyl halides is 1. The molecule has 0 unspecified atom stereocenters. The Balaban J connectivity index is 2.51. The number of halogens is 1. The second-order valence-corrected chi connectivity index (χ2v) is 7.19. The lowest BCUT2D eigenvalue weighted by Gasteiger charge is -2.34. The summed E-state index contributed by atoms with van der Waals surface area (Å²) in [6.45, 7) is 0. The Morgan fingerprint density at radius 2 is 1.52 bits per heavy atom. The predicted molar refractivity (Wildman–Crippen MR) is 85.3 cm³/mol. The molecule has 0 aromatic heterocycles. The van der Waals surface area contributed by atoms with Crippen LogP contribution in [0.15, 0.2) is 60.7 Å². The van der Waals surface area contributed by atoms with E-state index in [0.29, 0.717) is 5.56 Å². The van der Waals surface area contributed by atoms with Gasteiger partial charge < -0.3 is 5.73 Å². The molecule has 2 atom stereocenters. The van der Waals surface area contributed by atoms with E-state index in [-0.39, 0.29) is 0 Å². The summed E-state index contributed by atoms with van der Waals surface area (Å²) in [5.74, 6) is 0. The number of rotatable bonds is 5. The van der Waals surface area contributed by atoms with Gasteiger partial charge in [-0.1, -0.05) is 72.3 Å². The average Bonchev–Trinajstić information content (AvgIpc) is 2.46. The number of hydrogen-bond donors (Lipinski definition) is 2. The second kappa shape index (κ2) is 6.15. The number of sulfonamides is 1. The highest BCUT2D eigenvalue weighted by Crippen LogP contribution is 2.37. The molecule has 2 aromatic rings. The van der Waals surface area contributed by atoms with Crippen molar-refractivity contribution in [2.45, 2.75) is 11.0 Å². The van der Waals surface area contributed by atoms with E-state index in [1.165, 1.54) is 0 Å². The van der Waals surface area contributed by atoms with Crippen molar-refractivity contribution in [2.75, 3.05) is 6.26 Å². The fourth-order valence-corrected chi connectivity index (χ4v) is 3.60. The minimum absolute atomic E-state index is 0.591. The zero-order valence-corrected chi connectivity index (χ0v) is 13.1. The molecule has 4 nitrogen and oxygen atoms in total. The van der Waals surface area contributed by atoms with Crippen LogP contribution in [0.5, 0.6) is 0 Å². The molecule has 0 aliphatic carbocycles. The van der Waals surface area contributed by atoms with Crippen LogP contribution in [0.2, 0.25) is 0 Å². The standard InChI is InChI=1S/C15H17ClN2O2S/c1-21(19,20)18-15(16,13-10-6-3-7-11-13)14(17)12-8-4-2-5-9-12/h2-11,14,18H,17H2,1H3/t14-,15-/m1/s1. The van der Waals surface area contributed by atoms with Crippen LogP contribution in [-0.4, -0.2) is 14.7 Å². The van der Waals surface area contributed by atoms with Gasteiger partial charge in [-0.05, 0) is 11.1 Å². The second-order valence-electron chi connectivity index (χ2n) is 4.84. The molecule has 0 aliphatic heterocycles. The van der Waals surface area contributed by atoms with Crippen molar-refractivity contribution in [1.82, 2.24) is 4.72 Å². The van der Waals surface area contributed by atoms with Gasteiger partial charge in [0.2, 0.25) is 10.0 Å². The van der Waals surface area contributed by atoms with Crippen LogP contribution in [0.25, 0.3) is 0 Å². The molecule has 0 saturated carbocycles. The van der Waals surface area contributed by atoms with E-state index in [1.54, 1.807) is 24.3 Å². The minimum Gasteiger partial charge on any atom is -0.321 e. The molecule has 0 fully saturated rings. The summed E-state index contributed by atoms with van der Waals surface area (Å²) in [5.41, 5.74) is 7.59. The van der Waals surface area contributed by atoms with Gasteiger partial charge in [0.25, 0.3) is 0 Å². The normalized spacial score (nSPS) is 16.1. The van der Waals surface area contributed by atoms with Gasteiger partial charge in [0, 0.05) is 0 Å². The van der Waals surface area contributed by atoms with Crippen molar-refractivity contribution >= 4 is 21.6 Å². The molecule has 112 valence electrons. The third kappa shape index (κ3) is 3.83. The molecule has 21 heavy (non-hydrogen) atoms. The zero-order chi connectivity index (χ0) is 15.5. The number of hydrogen-bond acceptors (Lipinski definition) is 3. The Morgan fingerprint density at radius 3 is 2.00 bits per heavy atom. The molecule has 2 rings (SSSR count). The molecule has 0 radical (unpaired) electrons. The van der Waals surface area contributed by atoms with E-state index in [1.807, 2.05) is 36.4 Å². The van der Waals surface area contributed by atoms with Crippen LogP contribution in [0.4, 0.5) is 0 Å². The summed E-state index contributed by atoms with van der Waals surface area (Å²) in [5, 5.41) is 0. The van der Waals surface area contributed by atoms with E-state index in [9.17, 15) is 8.42 Å². The van der Waals surface area contributed by atoms with Gasteiger partial charge >= 0.3 is 0 Å². The van der Waals surface area contributed by atoms with Gasteiger partial charge in [0.05, 0.1) is 12.3 Å². The average molecular weight is 325 g/mol. The SMILES string of the molecule is CS(=O)(=O)N[C@](Cl)(c1ccccc1)[C@H](N)c1ccccc1. The first kappa shape index (κ1) is 16.0. The van der Waals surface area contributed by atoms with Crippen molar-refractivity contribution in [3.63, 3.8) is 0 Å². The van der Waals surface area contributed by atoms with Crippen molar-refractivity contribution in [3.05, 3.63) is 71.8 Å². The lowest BCUT2D eigenvalue weighted by molar-refractivity contribution is 0.454. The van der Waals surface area contributed by atoms with Gasteiger partial charge in [-0.3, -0.25) is 0 Å². The fraction of sp³-hybridized carbons (Fsp3) is 0.200. The molecule has 0 spiro atoms. The maximum Gasteiger partial charge on any atom is 0.210 e. The minimum atomic E-state index is -3.54. The number of nitrogens with one attached hydrogen (secondary N) is 1. The maximum absolute atomic E-state index is 11.7. The first-order chi connectivity index (χ1) is 9.83. The molecular formula is C15H17ClN2O2S. The summed E-state index contributed by atoms with van der Waals surface area (Å²) in [6.07, 6.45) is 1.06. The van der Waals surface area contributed by atoms with E-state index < -0.39 is 21.1 Å². The highest BCUT2D eigenvalue weighted by Gasteiger charge is 2.40. The quantitative estimate of drug-likeness (QED) is 0.655. The first-order valence-electron chi connectivity index (χ1n) is 6.37. The van der Waals surface area contributed by atoms with E-state index >= 15 is 0 Å². The highest BCUT2D eigenvalue weighted by atomic mass is 35.5. The Morgan fingerprint density at radius 1 is 1.05 bits per heavy atom. The maximum atomic E-state index is 11.7. The van der Waals surface area contributed by atoms with Crippen molar-refractivity contribution in [2.24, 2.45) is 5.73 Å². The molecule has 3 N–H and O–H groups in total. The zero-order valence-electron chi connectivity index (χ0n) is 11.5. The monoisotopic (exact) mass is 324 g/mol. The van der Waals surface area contributed by atoms with Gasteiger partial charge in [-0.25, -0.2) is 8.42 Å². The Kier molecular flexibility index (Phi) is 4.68. The molecule has 0 heterocycles. The van der Waals surface area contributed by atoms with E-state index in [2.05, 4.69) is 4.72 Å². The lowest BCUT2D eigenvalue weighted by Crippen LogP contribution is -2.48. The Labute approximate surface area is 130 Å². The smallest absolute Gasteiger partial charge is 0.210 e. The first-order valence-corrected chi connectivity index (χ1v) is 8.64. The van der Waals surface area contributed by atoms with Crippen LogP contribution in [0.3, 0.4) is 0 Å². The number of nitrogens with two attached hydrogens (primary N) is 1. The third-order valence-electron chi connectivity index (χ3n) is 3.12. The predicted octanol–water partition coefficient (Wildman–Crippen LogP) is 2.33. The Bertz CT molecular complexity index is 692. The van der Waals surface area contributed by atoms with Gasteiger partial charge in [-0.2, -0.15) is 4.72 Å². The molecule has 0 bridgehead atoms. The van der Waals surface area contributed by atoms with Crippen molar-refractivity contribution in [3.8, 4) is 0 Å². The van der Waals surface area contributed by atoms with Gasteiger partial charge in [0.1, 0.15) is 0 Å². The molecule has 0 aliphatic rings.